The van der Waals surface area contributed by atoms with E-state index in [-0.39, 0.29) is 24.4 Å². The first-order chi connectivity index (χ1) is 10.6. The highest BCUT2D eigenvalue weighted by molar-refractivity contribution is 7.20. The number of ketones is 1. The number of rotatable bonds is 7. The number of carbonyl (C=O) groups excluding carboxylic acids is 3. The molecule has 0 saturated carbocycles. The second-order valence-corrected chi connectivity index (χ2v) is 5.45. The predicted molar refractivity (Wildman–Crippen MR) is 80.6 cm³/mol. The first kappa shape index (κ1) is 16.0. The molecule has 0 unspecified atom stereocenters. The lowest BCUT2D eigenvalue weighted by Gasteiger charge is -2.05. The van der Waals surface area contributed by atoms with E-state index in [4.69, 9.17) is 9.47 Å². The van der Waals surface area contributed by atoms with Gasteiger partial charge in [0.2, 0.25) is 0 Å². The highest BCUT2D eigenvalue weighted by Crippen LogP contribution is 2.36. The molecule has 6 nitrogen and oxygen atoms in total. The molecule has 2 aromatic rings. The van der Waals surface area contributed by atoms with Gasteiger partial charge in [-0.2, -0.15) is 0 Å². The Morgan fingerprint density at radius 3 is 2.55 bits per heavy atom. The molecule has 0 spiro atoms. The van der Waals surface area contributed by atoms with E-state index >= 15 is 0 Å². The maximum Gasteiger partial charge on any atom is 0.305 e. The average Bonchev–Trinajstić information content (AvgIpc) is 2.94. The van der Waals surface area contributed by atoms with Gasteiger partial charge in [-0.15, -0.1) is 11.3 Å². The topological polar surface area (TPSA) is 78.9 Å². The molecule has 0 atom stereocenters. The van der Waals surface area contributed by atoms with Crippen molar-refractivity contribution in [3.05, 3.63) is 23.1 Å². The van der Waals surface area contributed by atoms with Crippen molar-refractivity contribution in [2.75, 3.05) is 14.2 Å². The maximum atomic E-state index is 12.1. The third-order valence-corrected chi connectivity index (χ3v) is 4.18. The molecule has 1 aromatic heterocycles. The molecule has 2 rings (SSSR count). The molecule has 0 radical (unpaired) electrons. The molecule has 116 valence electrons. The Morgan fingerprint density at radius 2 is 1.91 bits per heavy atom. The number of benzene rings is 1. The normalized spacial score (nSPS) is 10.3. The van der Waals surface area contributed by atoms with Crippen molar-refractivity contribution < 1.29 is 28.6 Å². The van der Waals surface area contributed by atoms with Crippen molar-refractivity contribution in [2.45, 2.75) is 12.8 Å². The maximum absolute atomic E-state index is 12.1. The minimum absolute atomic E-state index is 0.0480. The second-order valence-electron chi connectivity index (χ2n) is 4.36. The van der Waals surface area contributed by atoms with Gasteiger partial charge in [0.25, 0.3) is 6.47 Å². The number of carbonyl (C=O) groups is 3. The standard InChI is InChI=1S/C15H14O6S/c1-19-11-7-13-9(5-12(11)21-8-16)6-14(22-13)10(17)3-4-15(18)20-2/h5-8H,3-4H2,1-2H3. The highest BCUT2D eigenvalue weighted by atomic mass is 32.1. The molecule has 0 amide bonds. The van der Waals surface area contributed by atoms with Gasteiger partial charge in [0, 0.05) is 17.2 Å². The van der Waals surface area contributed by atoms with Crippen molar-refractivity contribution in [1.29, 1.82) is 0 Å². The SMILES string of the molecule is COC(=O)CCC(=O)c1cc2cc(OC=O)c(OC)cc2s1. The number of hydrogen-bond donors (Lipinski definition) is 0. The second kappa shape index (κ2) is 7.04. The van der Waals surface area contributed by atoms with Crippen LogP contribution >= 0.6 is 11.3 Å². The number of hydrogen-bond acceptors (Lipinski definition) is 7. The van der Waals surface area contributed by atoms with Crippen LogP contribution in [0.5, 0.6) is 11.5 Å². The van der Waals surface area contributed by atoms with E-state index in [1.54, 1.807) is 18.2 Å². The lowest BCUT2D eigenvalue weighted by atomic mass is 10.1. The molecule has 22 heavy (non-hydrogen) atoms. The van der Waals surface area contributed by atoms with Gasteiger partial charge in [-0.3, -0.25) is 14.4 Å². The number of Topliss-reactive ketones (excluding diaryl/α,β-unsaturated/α-hetero) is 1. The van der Waals surface area contributed by atoms with E-state index in [9.17, 15) is 14.4 Å². The van der Waals surface area contributed by atoms with E-state index in [1.807, 2.05) is 0 Å². The summed E-state index contributed by atoms with van der Waals surface area (Å²) in [5, 5.41) is 0.768. The Bertz CT molecular complexity index is 718. The van der Waals surface area contributed by atoms with Crippen molar-refractivity contribution in [3.8, 4) is 11.5 Å². The van der Waals surface area contributed by atoms with Gasteiger partial charge in [-0.05, 0) is 17.5 Å². The largest absolute Gasteiger partial charge is 0.493 e. The lowest BCUT2D eigenvalue weighted by molar-refractivity contribution is -0.140. The molecule has 0 bridgehead atoms. The van der Waals surface area contributed by atoms with Crippen LogP contribution in [0.15, 0.2) is 18.2 Å². The van der Waals surface area contributed by atoms with Crippen LogP contribution in [0.1, 0.15) is 22.5 Å². The van der Waals surface area contributed by atoms with Crippen LogP contribution in [0.2, 0.25) is 0 Å². The van der Waals surface area contributed by atoms with Crippen molar-refractivity contribution in [3.63, 3.8) is 0 Å². The van der Waals surface area contributed by atoms with Crippen LogP contribution in [0.4, 0.5) is 0 Å². The lowest BCUT2D eigenvalue weighted by Crippen LogP contribution is -2.04. The summed E-state index contributed by atoms with van der Waals surface area (Å²) in [6.07, 6.45) is 0.140. The Labute approximate surface area is 130 Å². The Balaban J connectivity index is 2.27. The smallest absolute Gasteiger partial charge is 0.305 e. The van der Waals surface area contributed by atoms with E-state index in [0.29, 0.717) is 17.1 Å². The number of fused-ring (bicyclic) bond motifs is 1. The molecular formula is C15H14O6S. The first-order valence-electron chi connectivity index (χ1n) is 6.41. The van der Waals surface area contributed by atoms with Gasteiger partial charge >= 0.3 is 5.97 Å². The van der Waals surface area contributed by atoms with E-state index in [2.05, 4.69) is 4.74 Å². The molecule has 7 heteroatoms. The quantitative estimate of drug-likeness (QED) is 0.443. The van der Waals surface area contributed by atoms with Gasteiger partial charge in [0.15, 0.2) is 17.3 Å². The minimum atomic E-state index is -0.419. The number of ether oxygens (including phenoxy) is 3. The molecule has 0 saturated heterocycles. The summed E-state index contributed by atoms with van der Waals surface area (Å²) in [5.74, 6) is 0.146. The van der Waals surface area contributed by atoms with Gasteiger partial charge in [-0.1, -0.05) is 0 Å². The molecular weight excluding hydrogens is 308 g/mol. The molecule has 0 aliphatic rings. The fourth-order valence-corrected chi connectivity index (χ4v) is 2.97. The zero-order valence-electron chi connectivity index (χ0n) is 12.1. The van der Waals surface area contributed by atoms with Gasteiger partial charge in [0.05, 0.1) is 25.5 Å². The van der Waals surface area contributed by atoms with Gasteiger partial charge < -0.3 is 14.2 Å². The Morgan fingerprint density at radius 1 is 1.14 bits per heavy atom. The van der Waals surface area contributed by atoms with Crippen LogP contribution in [-0.4, -0.2) is 32.4 Å². The molecule has 0 aliphatic heterocycles. The molecule has 1 aromatic carbocycles. The number of thiophene rings is 1. The fraction of sp³-hybridized carbons (Fsp3) is 0.267. The van der Waals surface area contributed by atoms with Crippen LogP contribution < -0.4 is 9.47 Å². The summed E-state index contributed by atoms with van der Waals surface area (Å²) < 4.78 is 15.3. The average molecular weight is 322 g/mol. The summed E-state index contributed by atoms with van der Waals surface area (Å²) in [6, 6.07) is 5.04. The van der Waals surface area contributed by atoms with Crippen molar-refractivity contribution in [1.82, 2.24) is 0 Å². The monoisotopic (exact) mass is 322 g/mol. The van der Waals surface area contributed by atoms with Crippen LogP contribution in [0, 0.1) is 0 Å². The van der Waals surface area contributed by atoms with Crippen LogP contribution in [0.25, 0.3) is 10.1 Å². The molecule has 0 fully saturated rings. The molecule has 1 heterocycles. The van der Waals surface area contributed by atoms with E-state index in [0.717, 1.165) is 10.1 Å². The number of methoxy groups -OCH3 is 2. The first-order valence-corrected chi connectivity index (χ1v) is 7.22. The molecule has 0 aliphatic carbocycles. The summed E-state index contributed by atoms with van der Waals surface area (Å²) in [7, 11) is 2.75. The Hall–Kier alpha value is -2.41. The number of esters is 1. The van der Waals surface area contributed by atoms with E-state index in [1.165, 1.54) is 25.6 Å². The highest BCUT2D eigenvalue weighted by Gasteiger charge is 2.15. The van der Waals surface area contributed by atoms with Crippen molar-refractivity contribution >= 4 is 39.6 Å². The van der Waals surface area contributed by atoms with E-state index < -0.39 is 5.97 Å². The third kappa shape index (κ3) is 3.43. The summed E-state index contributed by atoms with van der Waals surface area (Å²) in [4.78, 5) is 34.2. The van der Waals surface area contributed by atoms with Gasteiger partial charge in [-0.25, -0.2) is 0 Å². The van der Waals surface area contributed by atoms with Crippen LogP contribution in [-0.2, 0) is 14.3 Å². The van der Waals surface area contributed by atoms with Crippen molar-refractivity contribution in [2.24, 2.45) is 0 Å². The zero-order chi connectivity index (χ0) is 16.1. The summed E-state index contributed by atoms with van der Waals surface area (Å²) in [5.41, 5.74) is 0. The fourth-order valence-electron chi connectivity index (χ4n) is 1.93. The minimum Gasteiger partial charge on any atom is -0.493 e. The van der Waals surface area contributed by atoms with Crippen LogP contribution in [0.3, 0.4) is 0 Å². The zero-order valence-corrected chi connectivity index (χ0v) is 12.9. The Kier molecular flexibility index (Phi) is 5.11. The predicted octanol–water partition coefficient (Wildman–Crippen LogP) is 2.58. The third-order valence-electron chi connectivity index (χ3n) is 3.04. The summed E-state index contributed by atoms with van der Waals surface area (Å²) >= 11 is 1.30. The molecule has 0 N–H and O–H groups in total. The van der Waals surface area contributed by atoms with Gasteiger partial charge in [0.1, 0.15) is 0 Å². The summed E-state index contributed by atoms with van der Waals surface area (Å²) in [6.45, 7) is 0.318.